The van der Waals surface area contributed by atoms with Gasteiger partial charge < -0.3 is 9.15 Å². The molecule has 0 bridgehead atoms. The molecule has 3 aromatic carbocycles. The van der Waals surface area contributed by atoms with Crippen LogP contribution in [0.5, 0.6) is 5.75 Å². The fraction of sp³-hybridized carbons (Fsp3) is 0.250. The number of aromatic nitrogens is 2. The monoisotopic (exact) mass is 402 g/mol. The number of nitrogens with zero attached hydrogens (tertiary/aromatic N) is 2. The lowest BCUT2D eigenvalue weighted by Gasteiger charge is -2.16. The molecule has 0 fully saturated rings. The molecule has 1 heterocycles. The average molecular weight is 403 g/mol. The fourth-order valence-corrected chi connectivity index (χ4v) is 4.64. The van der Waals surface area contributed by atoms with Crippen LogP contribution in [-0.2, 0) is 25.2 Å². The molecule has 4 nitrogen and oxygen atoms in total. The van der Waals surface area contributed by atoms with Gasteiger partial charge in [-0.2, -0.15) is 0 Å². The predicted octanol–water partition coefficient (Wildman–Crippen LogP) is 5.97. The Morgan fingerprint density at radius 1 is 0.897 bits per heavy atom. The molecule has 0 aliphatic heterocycles. The van der Waals surface area contributed by atoms with Crippen LogP contribution in [0.15, 0.2) is 70.3 Å². The summed E-state index contributed by atoms with van der Waals surface area (Å²) < 4.78 is 11.7. The van der Waals surface area contributed by atoms with Gasteiger partial charge in [-0.15, -0.1) is 10.2 Å². The van der Waals surface area contributed by atoms with Crippen molar-refractivity contribution in [3.8, 4) is 5.75 Å². The van der Waals surface area contributed by atoms with Gasteiger partial charge in [-0.3, -0.25) is 0 Å². The van der Waals surface area contributed by atoms with Crippen LogP contribution in [0.25, 0.3) is 10.8 Å². The van der Waals surface area contributed by atoms with Gasteiger partial charge in [-0.1, -0.05) is 60.3 Å². The maximum atomic E-state index is 5.89. The van der Waals surface area contributed by atoms with Crippen molar-refractivity contribution < 1.29 is 9.15 Å². The Labute approximate surface area is 174 Å². The Morgan fingerprint density at radius 2 is 1.76 bits per heavy atom. The summed E-state index contributed by atoms with van der Waals surface area (Å²) in [5.41, 5.74) is 4.12. The Bertz CT molecular complexity index is 1130. The third-order valence-corrected chi connectivity index (χ3v) is 6.23. The van der Waals surface area contributed by atoms with E-state index in [2.05, 4.69) is 64.8 Å². The van der Waals surface area contributed by atoms with Crippen molar-refractivity contribution >= 4 is 22.5 Å². The number of thioether (sulfide) groups is 1. The third-order valence-electron chi connectivity index (χ3n) is 5.36. The van der Waals surface area contributed by atoms with Crippen LogP contribution in [0.1, 0.15) is 35.4 Å². The van der Waals surface area contributed by atoms with Gasteiger partial charge >= 0.3 is 0 Å². The Balaban J connectivity index is 1.21. The highest BCUT2D eigenvalue weighted by Crippen LogP contribution is 2.28. The number of hydrogen-bond donors (Lipinski definition) is 0. The average Bonchev–Trinajstić information content (AvgIpc) is 3.24. The van der Waals surface area contributed by atoms with Crippen molar-refractivity contribution in [1.82, 2.24) is 10.2 Å². The van der Waals surface area contributed by atoms with Crippen molar-refractivity contribution in [2.75, 3.05) is 0 Å². The number of fused-ring (bicyclic) bond motifs is 2. The summed E-state index contributed by atoms with van der Waals surface area (Å²) in [6, 6.07) is 21.2. The molecule has 0 saturated heterocycles. The van der Waals surface area contributed by atoms with Crippen LogP contribution in [0.4, 0.5) is 0 Å². The van der Waals surface area contributed by atoms with Crippen LogP contribution in [0.3, 0.4) is 0 Å². The first-order chi connectivity index (χ1) is 14.3. The van der Waals surface area contributed by atoms with Crippen LogP contribution in [-0.4, -0.2) is 10.2 Å². The molecule has 1 aliphatic rings. The van der Waals surface area contributed by atoms with Crippen LogP contribution in [0, 0.1) is 0 Å². The van der Waals surface area contributed by atoms with Crippen LogP contribution in [0.2, 0.25) is 0 Å². The van der Waals surface area contributed by atoms with Gasteiger partial charge in [-0.25, -0.2) is 0 Å². The number of hydrogen-bond acceptors (Lipinski definition) is 5. The molecule has 1 aromatic heterocycles. The molecular weight excluding hydrogens is 380 g/mol. The smallest absolute Gasteiger partial charge is 0.277 e. The van der Waals surface area contributed by atoms with E-state index in [0.717, 1.165) is 17.9 Å². The van der Waals surface area contributed by atoms with Gasteiger partial charge in [-0.05, 0) is 65.3 Å². The molecule has 0 radical (unpaired) electrons. The van der Waals surface area contributed by atoms with Crippen molar-refractivity contribution in [2.45, 2.75) is 43.3 Å². The molecule has 146 valence electrons. The minimum atomic E-state index is 0.292. The molecular formula is C24H22N2O2S. The molecule has 0 unspecified atom stereocenters. The normalized spacial score (nSPS) is 13.4. The van der Waals surface area contributed by atoms with Crippen molar-refractivity contribution in [1.29, 1.82) is 0 Å². The van der Waals surface area contributed by atoms with E-state index in [0.29, 0.717) is 17.7 Å². The summed E-state index contributed by atoms with van der Waals surface area (Å²) in [6.45, 7) is 0.292. The number of rotatable bonds is 6. The molecule has 1 aliphatic carbocycles. The predicted molar refractivity (Wildman–Crippen MR) is 115 cm³/mol. The van der Waals surface area contributed by atoms with Crippen molar-refractivity contribution in [3.63, 3.8) is 0 Å². The molecule has 0 N–H and O–H groups in total. The van der Waals surface area contributed by atoms with E-state index >= 15 is 0 Å². The molecule has 4 aromatic rings. The third kappa shape index (κ3) is 4.15. The SMILES string of the molecule is c1ccc2c(CSc3nnc(COc4ccc5c(c4)CCCC5)o3)cccc2c1. The van der Waals surface area contributed by atoms with E-state index in [-0.39, 0.29) is 0 Å². The number of benzene rings is 3. The summed E-state index contributed by atoms with van der Waals surface area (Å²) in [4.78, 5) is 0. The highest BCUT2D eigenvalue weighted by Gasteiger charge is 2.12. The van der Waals surface area contributed by atoms with Gasteiger partial charge in [0.1, 0.15) is 5.75 Å². The molecule has 5 rings (SSSR count). The Hall–Kier alpha value is -2.79. The molecule has 0 saturated carbocycles. The quantitative estimate of drug-likeness (QED) is 0.372. The molecule has 0 amide bonds. The van der Waals surface area contributed by atoms with Crippen molar-refractivity contribution in [3.05, 3.63) is 83.2 Å². The largest absolute Gasteiger partial charge is 0.484 e. The lowest BCUT2D eigenvalue weighted by Crippen LogP contribution is -2.03. The van der Waals surface area contributed by atoms with E-state index in [4.69, 9.17) is 9.15 Å². The minimum absolute atomic E-state index is 0.292. The van der Waals surface area contributed by atoms with Gasteiger partial charge in [0.15, 0.2) is 6.61 Å². The van der Waals surface area contributed by atoms with E-state index in [1.54, 1.807) is 11.8 Å². The van der Waals surface area contributed by atoms with Crippen LogP contribution < -0.4 is 4.74 Å². The lowest BCUT2D eigenvalue weighted by molar-refractivity contribution is 0.252. The molecule has 0 spiro atoms. The zero-order valence-electron chi connectivity index (χ0n) is 16.1. The van der Waals surface area contributed by atoms with E-state index in [1.807, 2.05) is 6.07 Å². The summed E-state index contributed by atoms with van der Waals surface area (Å²) in [7, 11) is 0. The first-order valence-corrected chi connectivity index (χ1v) is 11.0. The molecule has 0 atom stereocenters. The highest BCUT2D eigenvalue weighted by molar-refractivity contribution is 7.98. The Kier molecular flexibility index (Phi) is 5.22. The maximum absolute atomic E-state index is 5.89. The maximum Gasteiger partial charge on any atom is 0.277 e. The zero-order valence-corrected chi connectivity index (χ0v) is 17.0. The second-order valence-electron chi connectivity index (χ2n) is 7.31. The van der Waals surface area contributed by atoms with E-state index in [1.165, 1.54) is 46.7 Å². The molecule has 5 heteroatoms. The Morgan fingerprint density at radius 3 is 2.72 bits per heavy atom. The first kappa shape index (κ1) is 18.3. The van der Waals surface area contributed by atoms with Crippen molar-refractivity contribution in [2.24, 2.45) is 0 Å². The van der Waals surface area contributed by atoms with Gasteiger partial charge in [0.2, 0.25) is 0 Å². The zero-order chi connectivity index (χ0) is 19.5. The van der Waals surface area contributed by atoms with E-state index < -0.39 is 0 Å². The lowest BCUT2D eigenvalue weighted by atomic mass is 9.92. The first-order valence-electron chi connectivity index (χ1n) is 10.0. The minimum Gasteiger partial charge on any atom is -0.484 e. The van der Waals surface area contributed by atoms with Gasteiger partial charge in [0, 0.05) is 5.75 Å². The summed E-state index contributed by atoms with van der Waals surface area (Å²) in [5.74, 6) is 2.16. The summed E-state index contributed by atoms with van der Waals surface area (Å²) in [5, 5.41) is 11.4. The fourth-order valence-electron chi connectivity index (χ4n) is 3.86. The topological polar surface area (TPSA) is 48.2 Å². The summed E-state index contributed by atoms with van der Waals surface area (Å²) in [6.07, 6.45) is 4.87. The van der Waals surface area contributed by atoms with E-state index in [9.17, 15) is 0 Å². The van der Waals surface area contributed by atoms with Gasteiger partial charge in [0.05, 0.1) is 0 Å². The van der Waals surface area contributed by atoms with Gasteiger partial charge in [0.25, 0.3) is 11.1 Å². The number of aryl methyl sites for hydroxylation is 2. The molecule has 29 heavy (non-hydrogen) atoms. The highest BCUT2D eigenvalue weighted by atomic mass is 32.2. The summed E-state index contributed by atoms with van der Waals surface area (Å²) >= 11 is 1.55. The number of ether oxygens (including phenoxy) is 1. The second-order valence-corrected chi connectivity index (χ2v) is 8.24. The standard InChI is InChI=1S/C24H22N2O2S/c1-2-8-19-14-21(13-12-17(19)6-1)27-15-23-25-26-24(28-23)29-16-20-10-5-9-18-7-3-4-11-22(18)20/h3-5,7,9-14H,1-2,6,8,15-16H2. The van der Waals surface area contributed by atoms with Crippen LogP contribution >= 0.6 is 11.8 Å². The second kappa shape index (κ2) is 8.29.